The standard InChI is InChI=1S/C23H21N3O5S/c1-25-14-16(22(29)26(2)23(25)30)12-13-21(28)31-15-20(27)24-18-10-6-7-11-19(18)32-17-8-4-3-5-9-17/h3-14H,15H2,1-2H3,(H,24,27)/b13-12+. The quantitative estimate of drug-likeness (QED) is 0.438. The molecule has 3 aromatic rings. The van der Waals surface area contributed by atoms with Crippen molar-refractivity contribution < 1.29 is 14.3 Å². The number of esters is 1. The van der Waals surface area contributed by atoms with Crippen molar-refractivity contribution in [2.45, 2.75) is 9.79 Å². The lowest BCUT2D eigenvalue weighted by molar-refractivity contribution is -0.142. The first-order chi connectivity index (χ1) is 15.3. The fraction of sp³-hybridized carbons (Fsp3) is 0.130. The highest BCUT2D eigenvalue weighted by Crippen LogP contribution is 2.33. The maximum absolute atomic E-state index is 12.3. The Labute approximate surface area is 188 Å². The largest absolute Gasteiger partial charge is 0.452 e. The van der Waals surface area contributed by atoms with Gasteiger partial charge < -0.3 is 14.6 Å². The Morgan fingerprint density at radius 2 is 1.72 bits per heavy atom. The molecule has 32 heavy (non-hydrogen) atoms. The highest BCUT2D eigenvalue weighted by molar-refractivity contribution is 7.99. The molecular weight excluding hydrogens is 430 g/mol. The zero-order valence-corrected chi connectivity index (χ0v) is 18.3. The third-order valence-electron chi connectivity index (χ3n) is 4.35. The summed E-state index contributed by atoms with van der Waals surface area (Å²) in [5.41, 5.74) is -0.269. The third kappa shape index (κ3) is 5.86. The molecule has 0 bridgehead atoms. The number of rotatable bonds is 7. The number of para-hydroxylation sites is 1. The van der Waals surface area contributed by atoms with Crippen LogP contribution < -0.4 is 16.6 Å². The number of ether oxygens (including phenoxy) is 1. The fourth-order valence-electron chi connectivity index (χ4n) is 2.75. The molecule has 0 aliphatic carbocycles. The molecule has 1 heterocycles. The van der Waals surface area contributed by atoms with Gasteiger partial charge in [0.1, 0.15) is 0 Å². The molecule has 3 rings (SSSR count). The number of amides is 1. The van der Waals surface area contributed by atoms with Gasteiger partial charge in [0.2, 0.25) is 0 Å². The summed E-state index contributed by atoms with van der Waals surface area (Å²) in [4.78, 5) is 49.9. The van der Waals surface area contributed by atoms with Gasteiger partial charge in [-0.05, 0) is 30.3 Å². The van der Waals surface area contributed by atoms with Gasteiger partial charge >= 0.3 is 11.7 Å². The van der Waals surface area contributed by atoms with Crippen LogP contribution in [-0.2, 0) is 28.4 Å². The van der Waals surface area contributed by atoms with Gasteiger partial charge in [-0.1, -0.05) is 42.1 Å². The molecule has 1 N–H and O–H groups in total. The van der Waals surface area contributed by atoms with E-state index in [4.69, 9.17) is 4.74 Å². The lowest BCUT2D eigenvalue weighted by atomic mass is 10.3. The van der Waals surface area contributed by atoms with E-state index in [-0.39, 0.29) is 5.56 Å². The van der Waals surface area contributed by atoms with E-state index in [0.717, 1.165) is 20.4 Å². The minimum absolute atomic E-state index is 0.142. The first-order valence-electron chi connectivity index (χ1n) is 9.58. The van der Waals surface area contributed by atoms with E-state index in [0.29, 0.717) is 5.69 Å². The summed E-state index contributed by atoms with van der Waals surface area (Å²) in [7, 11) is 2.84. The number of aryl methyl sites for hydroxylation is 1. The summed E-state index contributed by atoms with van der Waals surface area (Å²) < 4.78 is 7.12. The topological polar surface area (TPSA) is 99.4 Å². The van der Waals surface area contributed by atoms with Crippen molar-refractivity contribution in [3.63, 3.8) is 0 Å². The summed E-state index contributed by atoms with van der Waals surface area (Å²) in [6.07, 6.45) is 3.60. The van der Waals surface area contributed by atoms with Crippen LogP contribution in [0.2, 0.25) is 0 Å². The van der Waals surface area contributed by atoms with Gasteiger partial charge in [-0.3, -0.25) is 14.2 Å². The van der Waals surface area contributed by atoms with E-state index in [9.17, 15) is 19.2 Å². The van der Waals surface area contributed by atoms with Gasteiger partial charge in [0, 0.05) is 36.2 Å². The van der Waals surface area contributed by atoms with E-state index < -0.39 is 29.7 Å². The Morgan fingerprint density at radius 3 is 2.47 bits per heavy atom. The number of nitrogens with one attached hydrogen (secondary N) is 1. The fourth-order valence-corrected chi connectivity index (χ4v) is 3.68. The summed E-state index contributed by atoms with van der Waals surface area (Å²) in [6.45, 7) is -0.487. The van der Waals surface area contributed by atoms with Crippen molar-refractivity contribution in [2.24, 2.45) is 14.1 Å². The van der Waals surface area contributed by atoms with E-state index in [1.807, 2.05) is 42.5 Å². The smallest absolute Gasteiger partial charge is 0.331 e. The van der Waals surface area contributed by atoms with Crippen LogP contribution >= 0.6 is 11.8 Å². The second kappa shape index (κ2) is 10.5. The molecule has 1 amide bonds. The molecule has 0 spiro atoms. The van der Waals surface area contributed by atoms with Gasteiger partial charge in [-0.2, -0.15) is 0 Å². The molecule has 164 valence electrons. The first kappa shape index (κ1) is 22.8. The molecule has 0 unspecified atom stereocenters. The lowest BCUT2D eigenvalue weighted by Crippen LogP contribution is -2.37. The minimum atomic E-state index is -0.789. The predicted octanol–water partition coefficient (Wildman–Crippen LogP) is 2.43. The van der Waals surface area contributed by atoms with Gasteiger partial charge in [-0.15, -0.1) is 0 Å². The van der Waals surface area contributed by atoms with E-state index >= 15 is 0 Å². The summed E-state index contributed by atoms with van der Waals surface area (Å²) in [5.74, 6) is -1.28. The molecule has 0 saturated heterocycles. The predicted molar refractivity (Wildman–Crippen MR) is 123 cm³/mol. The number of nitrogens with zero attached hydrogens (tertiary/aromatic N) is 2. The number of anilines is 1. The second-order valence-electron chi connectivity index (χ2n) is 6.74. The van der Waals surface area contributed by atoms with Crippen LogP contribution in [0.5, 0.6) is 0 Å². The van der Waals surface area contributed by atoms with Gasteiger partial charge in [0.25, 0.3) is 11.5 Å². The number of benzene rings is 2. The molecule has 0 atom stereocenters. The Hall–Kier alpha value is -3.85. The summed E-state index contributed by atoms with van der Waals surface area (Å²) in [5, 5.41) is 2.74. The number of carbonyl (C=O) groups is 2. The highest BCUT2D eigenvalue weighted by atomic mass is 32.2. The molecule has 8 nitrogen and oxygen atoms in total. The van der Waals surface area contributed by atoms with Crippen LogP contribution in [-0.4, -0.2) is 27.6 Å². The zero-order chi connectivity index (χ0) is 23.1. The van der Waals surface area contributed by atoms with Crippen molar-refractivity contribution in [3.8, 4) is 0 Å². The highest BCUT2D eigenvalue weighted by Gasteiger charge is 2.10. The normalized spacial score (nSPS) is 10.8. The maximum atomic E-state index is 12.3. The van der Waals surface area contributed by atoms with Crippen molar-refractivity contribution in [3.05, 3.63) is 93.3 Å². The monoisotopic (exact) mass is 451 g/mol. The van der Waals surface area contributed by atoms with Crippen LogP contribution in [0, 0.1) is 0 Å². The van der Waals surface area contributed by atoms with Crippen LogP contribution in [0.1, 0.15) is 5.56 Å². The molecular formula is C23H21N3O5S. The Balaban J connectivity index is 1.59. The van der Waals surface area contributed by atoms with Crippen LogP contribution in [0.4, 0.5) is 5.69 Å². The van der Waals surface area contributed by atoms with Gasteiger partial charge in [0.15, 0.2) is 6.61 Å². The average Bonchev–Trinajstić information content (AvgIpc) is 2.80. The average molecular weight is 452 g/mol. The van der Waals surface area contributed by atoms with Crippen molar-refractivity contribution in [2.75, 3.05) is 11.9 Å². The van der Waals surface area contributed by atoms with Gasteiger partial charge in [0.05, 0.1) is 11.3 Å². The number of carbonyl (C=O) groups excluding carboxylic acids is 2. The first-order valence-corrected chi connectivity index (χ1v) is 10.4. The van der Waals surface area contributed by atoms with Crippen LogP contribution in [0.25, 0.3) is 6.08 Å². The van der Waals surface area contributed by atoms with E-state index in [1.54, 1.807) is 12.1 Å². The molecule has 0 saturated carbocycles. The van der Waals surface area contributed by atoms with Crippen LogP contribution in [0.3, 0.4) is 0 Å². The summed E-state index contributed by atoms with van der Waals surface area (Å²) >= 11 is 1.50. The third-order valence-corrected chi connectivity index (χ3v) is 5.43. The lowest BCUT2D eigenvalue weighted by Gasteiger charge is -2.10. The van der Waals surface area contributed by atoms with Crippen molar-refractivity contribution in [1.29, 1.82) is 0 Å². The second-order valence-corrected chi connectivity index (χ2v) is 7.86. The van der Waals surface area contributed by atoms with E-state index in [2.05, 4.69) is 5.32 Å². The molecule has 0 radical (unpaired) electrons. The Morgan fingerprint density at radius 1 is 1.03 bits per heavy atom. The number of hydrogen-bond acceptors (Lipinski definition) is 6. The molecule has 0 aliphatic rings. The summed E-state index contributed by atoms with van der Waals surface area (Å²) in [6, 6.07) is 17.0. The number of hydrogen-bond donors (Lipinski definition) is 1. The van der Waals surface area contributed by atoms with E-state index in [1.165, 1.54) is 42.7 Å². The Bertz CT molecular complexity index is 1280. The van der Waals surface area contributed by atoms with Crippen LogP contribution in [0.15, 0.2) is 86.3 Å². The zero-order valence-electron chi connectivity index (χ0n) is 17.5. The van der Waals surface area contributed by atoms with Gasteiger partial charge in [-0.25, -0.2) is 9.59 Å². The molecule has 2 aromatic carbocycles. The molecule has 0 fully saturated rings. The van der Waals surface area contributed by atoms with Crippen molar-refractivity contribution in [1.82, 2.24) is 9.13 Å². The van der Waals surface area contributed by atoms with Crippen molar-refractivity contribution >= 4 is 35.4 Å². The Kier molecular flexibility index (Phi) is 7.45. The maximum Gasteiger partial charge on any atom is 0.331 e. The number of aromatic nitrogens is 2. The SMILES string of the molecule is Cn1cc(/C=C/C(=O)OCC(=O)Nc2ccccc2Sc2ccccc2)c(=O)n(C)c1=O. The molecule has 9 heteroatoms. The molecule has 0 aliphatic heterocycles. The minimum Gasteiger partial charge on any atom is -0.452 e. The molecule has 1 aromatic heterocycles.